The second-order valence-corrected chi connectivity index (χ2v) is 0.374. The Balaban J connectivity index is 2.55. The van der Waals surface area contributed by atoms with Gasteiger partial charge in [-0.25, -0.2) is 0 Å². The molecule has 0 aromatic heterocycles. The van der Waals surface area contributed by atoms with Crippen molar-refractivity contribution in [1.82, 2.24) is 0 Å². The third-order valence-corrected chi connectivity index (χ3v) is 0.115. The number of hydrogen-bond acceptors (Lipinski definition) is 1. The van der Waals surface area contributed by atoms with Gasteiger partial charge in [-0.15, -0.1) is 0 Å². The van der Waals surface area contributed by atoms with Crippen LogP contribution >= 0.6 is 0 Å². The minimum absolute atomic E-state index is 0.750. The molecule has 1 N–H and O–H groups in total. The Morgan fingerprint density at radius 2 is 2.25 bits per heavy atom. The van der Waals surface area contributed by atoms with Crippen molar-refractivity contribution < 1.29 is 5.02 Å². The zero-order chi connectivity index (χ0) is 3.41. The molecule has 0 aromatic carbocycles. The molecular formula is CH4BNO. The predicted octanol–water partition coefficient (Wildman–Crippen LogP) is -0.589. The van der Waals surface area contributed by atoms with Gasteiger partial charge in [0.1, 0.15) is 0 Å². The van der Waals surface area contributed by atoms with E-state index in [1.807, 2.05) is 0 Å². The van der Waals surface area contributed by atoms with E-state index in [4.69, 9.17) is 5.02 Å². The van der Waals surface area contributed by atoms with Gasteiger partial charge in [-0.1, -0.05) is 0 Å². The number of nitrogens with zero attached hydrogens (tertiary/aromatic N) is 1. The van der Waals surface area contributed by atoms with Crippen LogP contribution in [0, 0.1) is 0 Å². The first-order valence-electron chi connectivity index (χ1n) is 0.964. The Labute approximate surface area is 25.5 Å². The summed E-state index contributed by atoms with van der Waals surface area (Å²) in [5.41, 5.74) is 0. The molecule has 0 heterocycles. The molecule has 0 aromatic rings. The van der Waals surface area contributed by atoms with E-state index in [-0.39, 0.29) is 0 Å². The van der Waals surface area contributed by atoms with Crippen molar-refractivity contribution >= 4 is 7.27 Å². The first-order valence-corrected chi connectivity index (χ1v) is 0.964. The normalized spacial score (nSPS) is 7.25. The van der Waals surface area contributed by atoms with Crippen molar-refractivity contribution in [3.63, 3.8) is 0 Å². The zero-order valence-corrected chi connectivity index (χ0v) is 2.47. The number of rotatable bonds is 0. The molecule has 0 bridgehead atoms. The average Bonchev–Trinajstić information content (AvgIpc) is 1.37. The first-order chi connectivity index (χ1) is 1.91. The summed E-state index contributed by atoms with van der Waals surface area (Å²) in [7, 11) is 2.25. The molecule has 2 nitrogen and oxygen atoms in total. The van der Waals surface area contributed by atoms with Gasteiger partial charge in [0.25, 0.3) is 0 Å². The van der Waals surface area contributed by atoms with Gasteiger partial charge in [0.2, 0.25) is 0 Å². The molecule has 0 saturated carbocycles. The van der Waals surface area contributed by atoms with Crippen LogP contribution in [0.1, 0.15) is 0 Å². The standard InChI is InChI=1S/CH4BNO/c1-3-2-4/h4H,1H3. The molecule has 0 aliphatic carbocycles. The van der Waals surface area contributed by atoms with E-state index < -0.39 is 0 Å². The summed E-state index contributed by atoms with van der Waals surface area (Å²) in [5, 5.41) is 7.58. The second-order valence-electron chi connectivity index (χ2n) is 0.374. The maximum absolute atomic E-state index is 7.58. The van der Waals surface area contributed by atoms with Crippen LogP contribution in [0.15, 0.2) is 4.90 Å². The summed E-state index contributed by atoms with van der Waals surface area (Å²) in [6.45, 7) is 0. The molecule has 0 atom stereocenters. The molecule has 0 amide bonds. The van der Waals surface area contributed by atoms with Crippen LogP contribution in [0.5, 0.6) is 0 Å². The minimum atomic E-state index is 0.750. The van der Waals surface area contributed by atoms with Crippen LogP contribution in [0.4, 0.5) is 0 Å². The molecule has 0 aliphatic rings. The van der Waals surface area contributed by atoms with Crippen molar-refractivity contribution in [2.75, 3.05) is 7.05 Å². The molecule has 0 saturated heterocycles. The van der Waals surface area contributed by atoms with Gasteiger partial charge in [0, 0.05) is 0 Å². The maximum atomic E-state index is 7.58. The van der Waals surface area contributed by atoms with E-state index in [2.05, 4.69) is 4.90 Å². The zero-order valence-electron chi connectivity index (χ0n) is 2.47. The molecule has 0 fully saturated rings. The van der Waals surface area contributed by atoms with Crippen LogP contribution < -0.4 is 0 Å². The first kappa shape index (κ1) is 3.66. The van der Waals surface area contributed by atoms with Gasteiger partial charge < -0.3 is 0 Å². The summed E-state index contributed by atoms with van der Waals surface area (Å²) < 4.78 is 0. The Bertz CT molecular complexity index is 23.2. The van der Waals surface area contributed by atoms with Gasteiger partial charge in [-0.2, -0.15) is 0 Å². The summed E-state index contributed by atoms with van der Waals surface area (Å²) in [6.07, 6.45) is 0. The monoisotopic (exact) mass is 57.0 g/mol. The summed E-state index contributed by atoms with van der Waals surface area (Å²) >= 11 is 0. The molecule has 0 rings (SSSR count). The van der Waals surface area contributed by atoms with E-state index in [1.165, 1.54) is 7.05 Å². The Hall–Kier alpha value is -0.335. The fraction of sp³-hybridized carbons (Fsp3) is 1.00. The van der Waals surface area contributed by atoms with Crippen LogP contribution in [-0.2, 0) is 0 Å². The van der Waals surface area contributed by atoms with Gasteiger partial charge in [0.15, 0.2) is 0 Å². The van der Waals surface area contributed by atoms with Gasteiger partial charge in [-0.3, -0.25) is 0 Å². The molecule has 0 aliphatic heterocycles. The van der Waals surface area contributed by atoms with Crippen molar-refractivity contribution in [3.05, 3.63) is 0 Å². The van der Waals surface area contributed by atoms with Gasteiger partial charge in [0.05, 0.1) is 0 Å². The summed E-state index contributed by atoms with van der Waals surface area (Å²) in [4.78, 5) is 3.17. The summed E-state index contributed by atoms with van der Waals surface area (Å²) in [5.74, 6) is 0. The third-order valence-electron chi connectivity index (χ3n) is 0.115. The van der Waals surface area contributed by atoms with E-state index >= 15 is 0 Å². The predicted molar refractivity (Wildman–Crippen MR) is 16.3 cm³/mol. The molecule has 0 spiro atoms. The van der Waals surface area contributed by atoms with Crippen LogP contribution in [0.2, 0.25) is 0 Å². The fourth-order valence-electron chi connectivity index (χ4n) is 0. The molecule has 4 heavy (non-hydrogen) atoms. The van der Waals surface area contributed by atoms with Crippen LogP contribution in [0.3, 0.4) is 0 Å². The quantitative estimate of drug-likeness (QED) is 0.370. The Morgan fingerprint density at radius 3 is 2.25 bits per heavy atom. The van der Waals surface area contributed by atoms with Gasteiger partial charge in [-0.05, 0) is 0 Å². The van der Waals surface area contributed by atoms with Gasteiger partial charge >= 0.3 is 24.2 Å². The van der Waals surface area contributed by atoms with E-state index in [0.717, 1.165) is 7.27 Å². The fourth-order valence-corrected chi connectivity index (χ4v) is 0. The molecule has 3 heteroatoms. The third kappa shape index (κ3) is 1.66. The topological polar surface area (TPSA) is 32.6 Å². The van der Waals surface area contributed by atoms with Crippen molar-refractivity contribution in [2.24, 2.45) is 4.90 Å². The molecule has 0 radical (unpaired) electrons. The average molecular weight is 56.9 g/mol. The summed E-state index contributed by atoms with van der Waals surface area (Å²) in [6, 6.07) is 0. The van der Waals surface area contributed by atoms with Crippen LogP contribution in [-0.4, -0.2) is 19.3 Å². The Morgan fingerprint density at radius 1 is 2.00 bits per heavy atom. The second kappa shape index (κ2) is 2.66. The van der Waals surface area contributed by atoms with E-state index in [1.54, 1.807) is 0 Å². The van der Waals surface area contributed by atoms with Crippen molar-refractivity contribution in [3.8, 4) is 0 Å². The molecule has 22 valence electrons. The molecular weight excluding hydrogens is 52.8 g/mol. The van der Waals surface area contributed by atoms with Crippen LogP contribution in [0.25, 0.3) is 0 Å². The molecule has 0 unspecified atom stereocenters. The van der Waals surface area contributed by atoms with E-state index in [0.29, 0.717) is 0 Å². The van der Waals surface area contributed by atoms with E-state index in [9.17, 15) is 0 Å². The Kier molecular flexibility index (Phi) is 2.44. The van der Waals surface area contributed by atoms with Crippen molar-refractivity contribution in [2.45, 2.75) is 0 Å². The SMILES string of the molecule is CN=BO. The number of hydrogen-bond donors (Lipinski definition) is 1. The van der Waals surface area contributed by atoms with Crippen molar-refractivity contribution in [1.29, 1.82) is 0 Å².